The van der Waals surface area contributed by atoms with Crippen molar-refractivity contribution < 1.29 is 13.2 Å². The van der Waals surface area contributed by atoms with E-state index in [0.717, 1.165) is 18.4 Å². The van der Waals surface area contributed by atoms with E-state index in [9.17, 15) is 8.42 Å². The molecule has 0 bridgehead atoms. The highest BCUT2D eigenvalue weighted by molar-refractivity contribution is 7.92. The molecule has 1 fully saturated rings. The lowest BCUT2D eigenvalue weighted by molar-refractivity contribution is 0.127. The van der Waals surface area contributed by atoms with Crippen molar-refractivity contribution in [2.75, 3.05) is 17.1 Å². The van der Waals surface area contributed by atoms with Crippen molar-refractivity contribution in [3.05, 3.63) is 29.3 Å². The van der Waals surface area contributed by atoms with E-state index in [2.05, 4.69) is 4.72 Å². The molecule has 19 heavy (non-hydrogen) atoms. The average molecular weight is 280 g/mol. The number of aryl methyl sites for hydroxylation is 1. The molecule has 2 rings (SSSR count). The van der Waals surface area contributed by atoms with Crippen molar-refractivity contribution in [3.63, 3.8) is 0 Å². The predicted octanol–water partition coefficient (Wildman–Crippen LogP) is 1.79. The number of ether oxygens (including phenoxy) is 1. The van der Waals surface area contributed by atoms with Gasteiger partial charge < -0.3 is 4.74 Å². The summed E-state index contributed by atoms with van der Waals surface area (Å²) in [6, 6.07) is 6.92. The summed E-state index contributed by atoms with van der Waals surface area (Å²) in [6.45, 7) is 2.42. The SMILES string of the molecule is Cc1ccc(C#N)cc1NS(=O)(=O)CC1CCCO1. The third-order valence-electron chi connectivity index (χ3n) is 3.06. The van der Waals surface area contributed by atoms with Crippen LogP contribution in [0.1, 0.15) is 24.0 Å². The molecule has 0 aromatic heterocycles. The second-order valence-corrected chi connectivity index (χ2v) is 6.43. The normalized spacial score (nSPS) is 19.1. The first-order valence-electron chi connectivity index (χ1n) is 6.13. The molecule has 1 atom stereocenters. The summed E-state index contributed by atoms with van der Waals surface area (Å²) in [4.78, 5) is 0. The highest BCUT2D eigenvalue weighted by Crippen LogP contribution is 2.20. The van der Waals surface area contributed by atoms with Gasteiger partial charge in [0.25, 0.3) is 0 Å². The number of benzene rings is 1. The fourth-order valence-corrected chi connectivity index (χ4v) is 3.42. The molecule has 1 N–H and O–H groups in total. The highest BCUT2D eigenvalue weighted by atomic mass is 32.2. The van der Waals surface area contributed by atoms with Gasteiger partial charge in [0.2, 0.25) is 10.0 Å². The van der Waals surface area contributed by atoms with Gasteiger partial charge in [-0.3, -0.25) is 4.72 Å². The molecule has 0 spiro atoms. The van der Waals surface area contributed by atoms with Crippen LogP contribution in [-0.4, -0.2) is 26.9 Å². The van der Waals surface area contributed by atoms with E-state index in [0.29, 0.717) is 17.9 Å². The molecule has 0 amide bonds. The molecule has 1 aliphatic heterocycles. The Morgan fingerprint density at radius 2 is 2.32 bits per heavy atom. The summed E-state index contributed by atoms with van der Waals surface area (Å²) in [5.74, 6) is -0.0385. The smallest absolute Gasteiger partial charge is 0.235 e. The molecule has 1 aromatic rings. The summed E-state index contributed by atoms with van der Waals surface area (Å²) in [5.41, 5.74) is 1.67. The topological polar surface area (TPSA) is 79.2 Å². The van der Waals surface area contributed by atoms with E-state index in [1.807, 2.05) is 6.07 Å². The van der Waals surface area contributed by atoms with Crippen molar-refractivity contribution in [2.24, 2.45) is 0 Å². The number of nitrogens with zero attached hydrogens (tertiary/aromatic N) is 1. The van der Waals surface area contributed by atoms with Crippen molar-refractivity contribution in [3.8, 4) is 6.07 Å². The van der Waals surface area contributed by atoms with E-state index in [-0.39, 0.29) is 11.9 Å². The van der Waals surface area contributed by atoms with Gasteiger partial charge in [-0.1, -0.05) is 6.07 Å². The van der Waals surface area contributed by atoms with Gasteiger partial charge in [0.1, 0.15) is 0 Å². The Labute approximate surface area is 113 Å². The quantitative estimate of drug-likeness (QED) is 0.912. The van der Waals surface area contributed by atoms with Crippen LogP contribution >= 0.6 is 0 Å². The maximum atomic E-state index is 12.0. The molecule has 102 valence electrons. The molecule has 0 saturated carbocycles. The molecule has 1 aromatic carbocycles. The third-order valence-corrected chi connectivity index (χ3v) is 4.40. The Morgan fingerprint density at radius 3 is 2.95 bits per heavy atom. The summed E-state index contributed by atoms with van der Waals surface area (Å²) in [5, 5.41) is 8.83. The van der Waals surface area contributed by atoms with Crippen LogP contribution < -0.4 is 4.72 Å². The van der Waals surface area contributed by atoms with Crippen LogP contribution in [0.3, 0.4) is 0 Å². The second kappa shape index (κ2) is 5.59. The van der Waals surface area contributed by atoms with Crippen LogP contribution in [0, 0.1) is 18.3 Å². The first-order chi connectivity index (χ1) is 9.00. The molecular formula is C13H16N2O3S. The molecule has 0 radical (unpaired) electrons. The number of hydrogen-bond donors (Lipinski definition) is 1. The molecular weight excluding hydrogens is 264 g/mol. The maximum Gasteiger partial charge on any atom is 0.235 e. The van der Waals surface area contributed by atoms with Gasteiger partial charge in [-0.05, 0) is 37.5 Å². The minimum absolute atomic E-state index is 0.0385. The molecule has 1 aliphatic rings. The minimum atomic E-state index is -3.45. The second-order valence-electron chi connectivity index (χ2n) is 4.66. The standard InChI is InChI=1S/C13H16N2O3S/c1-10-4-5-11(8-14)7-13(10)15-19(16,17)9-12-3-2-6-18-12/h4-5,7,12,15H,2-3,6,9H2,1H3. The fraction of sp³-hybridized carbons (Fsp3) is 0.462. The molecule has 1 saturated heterocycles. The number of nitrogens with one attached hydrogen (secondary N) is 1. The van der Waals surface area contributed by atoms with Gasteiger partial charge in [-0.25, -0.2) is 8.42 Å². The van der Waals surface area contributed by atoms with Gasteiger partial charge in [0.15, 0.2) is 0 Å². The first kappa shape index (κ1) is 13.8. The van der Waals surface area contributed by atoms with Crippen molar-refractivity contribution in [1.29, 1.82) is 5.26 Å². The van der Waals surface area contributed by atoms with Gasteiger partial charge in [0, 0.05) is 6.61 Å². The summed E-state index contributed by atoms with van der Waals surface area (Å²) < 4.78 is 31.9. The van der Waals surface area contributed by atoms with Crippen LogP contribution in [0.4, 0.5) is 5.69 Å². The zero-order valence-corrected chi connectivity index (χ0v) is 11.5. The highest BCUT2D eigenvalue weighted by Gasteiger charge is 2.23. The van der Waals surface area contributed by atoms with Gasteiger partial charge in [-0.2, -0.15) is 5.26 Å². The Hall–Kier alpha value is -1.58. The lowest BCUT2D eigenvalue weighted by Gasteiger charge is -2.13. The third kappa shape index (κ3) is 3.69. The van der Waals surface area contributed by atoms with E-state index < -0.39 is 10.0 Å². The van der Waals surface area contributed by atoms with Crippen molar-refractivity contribution >= 4 is 15.7 Å². The van der Waals surface area contributed by atoms with Gasteiger partial charge in [-0.15, -0.1) is 0 Å². The fourth-order valence-electron chi connectivity index (χ4n) is 2.03. The van der Waals surface area contributed by atoms with E-state index in [1.165, 1.54) is 0 Å². The number of sulfonamides is 1. The molecule has 0 aliphatic carbocycles. The Balaban J connectivity index is 2.13. The van der Waals surface area contributed by atoms with E-state index in [4.69, 9.17) is 10.00 Å². The monoisotopic (exact) mass is 280 g/mol. The summed E-state index contributed by atoms with van der Waals surface area (Å²) in [6.07, 6.45) is 1.46. The van der Waals surface area contributed by atoms with Crippen LogP contribution in [0.2, 0.25) is 0 Å². The van der Waals surface area contributed by atoms with Crippen LogP contribution in [-0.2, 0) is 14.8 Å². The van der Waals surface area contributed by atoms with E-state index in [1.54, 1.807) is 25.1 Å². The van der Waals surface area contributed by atoms with Crippen LogP contribution in [0.25, 0.3) is 0 Å². The predicted molar refractivity (Wildman–Crippen MR) is 72.3 cm³/mol. The Bertz CT molecular complexity index is 599. The Kier molecular flexibility index (Phi) is 4.08. The first-order valence-corrected chi connectivity index (χ1v) is 7.78. The van der Waals surface area contributed by atoms with Crippen molar-refractivity contribution in [2.45, 2.75) is 25.9 Å². The van der Waals surface area contributed by atoms with Gasteiger partial charge in [0.05, 0.1) is 29.2 Å². The molecule has 5 nitrogen and oxygen atoms in total. The van der Waals surface area contributed by atoms with Crippen molar-refractivity contribution in [1.82, 2.24) is 0 Å². The maximum absolute atomic E-state index is 12.0. The molecule has 6 heteroatoms. The molecule has 1 heterocycles. The number of anilines is 1. The number of nitriles is 1. The zero-order valence-electron chi connectivity index (χ0n) is 10.7. The largest absolute Gasteiger partial charge is 0.377 e. The average Bonchev–Trinajstić information content (AvgIpc) is 2.83. The minimum Gasteiger partial charge on any atom is -0.377 e. The number of hydrogen-bond acceptors (Lipinski definition) is 4. The van der Waals surface area contributed by atoms with Crippen LogP contribution in [0.15, 0.2) is 18.2 Å². The van der Waals surface area contributed by atoms with Gasteiger partial charge >= 0.3 is 0 Å². The molecule has 1 unspecified atom stereocenters. The lowest BCUT2D eigenvalue weighted by Crippen LogP contribution is -2.26. The van der Waals surface area contributed by atoms with E-state index >= 15 is 0 Å². The number of rotatable bonds is 4. The zero-order chi connectivity index (χ0) is 13.9. The Morgan fingerprint density at radius 1 is 1.53 bits per heavy atom. The summed E-state index contributed by atoms with van der Waals surface area (Å²) in [7, 11) is -3.45. The lowest BCUT2D eigenvalue weighted by atomic mass is 10.1. The summed E-state index contributed by atoms with van der Waals surface area (Å²) >= 11 is 0. The van der Waals surface area contributed by atoms with Crippen LogP contribution in [0.5, 0.6) is 0 Å².